The molecule has 4 nitrogen and oxygen atoms in total. The third kappa shape index (κ3) is 4.81. The maximum atomic E-state index is 11.6. The summed E-state index contributed by atoms with van der Waals surface area (Å²) < 4.78 is 5.22. The van der Waals surface area contributed by atoms with Crippen molar-refractivity contribution in [2.24, 2.45) is 11.0 Å². The molecular weight excluding hydrogens is 192 g/mol. The van der Waals surface area contributed by atoms with Crippen molar-refractivity contribution in [1.29, 1.82) is 0 Å². The normalized spacial score (nSPS) is 16.8. The smallest absolute Gasteiger partial charge is 0.430 e. The molecule has 1 fully saturated rings. The highest BCUT2D eigenvalue weighted by molar-refractivity contribution is 5.71. The molecule has 0 spiro atoms. The lowest BCUT2D eigenvalue weighted by atomic mass is 10.2. The Bertz CT molecular complexity index is 252. The molecule has 0 aromatic heterocycles. The zero-order valence-electron chi connectivity index (χ0n) is 9.99. The quantitative estimate of drug-likeness (QED) is 0.533. The largest absolute Gasteiger partial charge is 0.442 e. The molecule has 0 radical (unpaired) electrons. The molecule has 0 bridgehead atoms. The summed E-state index contributed by atoms with van der Waals surface area (Å²) in [6, 6.07) is 0. The van der Waals surface area contributed by atoms with Gasteiger partial charge in [0.05, 0.1) is 0 Å². The van der Waals surface area contributed by atoms with E-state index in [0.717, 1.165) is 0 Å². The van der Waals surface area contributed by atoms with Gasteiger partial charge in [-0.15, -0.1) is 0 Å². The van der Waals surface area contributed by atoms with Crippen LogP contribution in [0.15, 0.2) is 5.10 Å². The van der Waals surface area contributed by atoms with Crippen molar-refractivity contribution in [2.75, 3.05) is 6.54 Å². The number of amides is 1. The average Bonchev–Trinajstić information content (AvgIpc) is 2.85. The maximum absolute atomic E-state index is 11.6. The van der Waals surface area contributed by atoms with E-state index in [1.807, 2.05) is 33.9 Å². The first-order valence-corrected chi connectivity index (χ1v) is 5.47. The summed E-state index contributed by atoms with van der Waals surface area (Å²) in [6.45, 7) is 7.97. The Morgan fingerprint density at radius 3 is 2.53 bits per heavy atom. The van der Waals surface area contributed by atoms with Crippen molar-refractivity contribution < 1.29 is 9.53 Å². The van der Waals surface area contributed by atoms with Crippen molar-refractivity contribution in [3.63, 3.8) is 0 Å². The Balaban J connectivity index is 2.45. The molecule has 0 heterocycles. The van der Waals surface area contributed by atoms with E-state index in [1.54, 1.807) is 0 Å². The predicted octanol–water partition coefficient (Wildman–Crippen LogP) is 2.64. The first-order chi connectivity index (χ1) is 6.92. The predicted molar refractivity (Wildman–Crippen MR) is 59.8 cm³/mol. The van der Waals surface area contributed by atoms with Gasteiger partial charge < -0.3 is 4.74 Å². The molecule has 0 saturated heterocycles. The fraction of sp³-hybridized carbons (Fsp3) is 0.818. The highest BCUT2D eigenvalue weighted by Gasteiger charge is 2.22. The Morgan fingerprint density at radius 1 is 1.53 bits per heavy atom. The minimum absolute atomic E-state index is 0.373. The third-order valence-corrected chi connectivity index (χ3v) is 1.94. The second-order valence-electron chi connectivity index (χ2n) is 4.80. The van der Waals surface area contributed by atoms with Gasteiger partial charge in [0.25, 0.3) is 0 Å². The molecule has 0 aromatic carbocycles. The first kappa shape index (κ1) is 12.0. The average molecular weight is 212 g/mol. The van der Waals surface area contributed by atoms with Crippen molar-refractivity contribution in [3.05, 3.63) is 0 Å². The van der Waals surface area contributed by atoms with E-state index >= 15 is 0 Å². The van der Waals surface area contributed by atoms with Crippen molar-refractivity contribution in [3.8, 4) is 0 Å². The molecule has 1 amide bonds. The SMILES string of the molecule is CCN(/N=C/C1CC1)C(=O)OC(C)(C)C. The molecule has 1 saturated carbocycles. The molecule has 86 valence electrons. The maximum Gasteiger partial charge on any atom is 0.430 e. The van der Waals surface area contributed by atoms with Gasteiger partial charge in [-0.1, -0.05) is 0 Å². The van der Waals surface area contributed by atoms with E-state index in [1.165, 1.54) is 17.9 Å². The van der Waals surface area contributed by atoms with Crippen LogP contribution in [0, 0.1) is 5.92 Å². The lowest BCUT2D eigenvalue weighted by Gasteiger charge is -2.23. The van der Waals surface area contributed by atoms with Crippen LogP contribution in [0.1, 0.15) is 40.5 Å². The van der Waals surface area contributed by atoms with Crippen molar-refractivity contribution in [2.45, 2.75) is 46.1 Å². The van der Waals surface area contributed by atoms with Crippen LogP contribution in [0.2, 0.25) is 0 Å². The van der Waals surface area contributed by atoms with E-state index in [2.05, 4.69) is 5.10 Å². The number of nitrogens with zero attached hydrogens (tertiary/aromatic N) is 2. The van der Waals surface area contributed by atoms with Gasteiger partial charge in [0, 0.05) is 12.8 Å². The van der Waals surface area contributed by atoms with Gasteiger partial charge >= 0.3 is 6.09 Å². The molecule has 1 aliphatic rings. The minimum Gasteiger partial charge on any atom is -0.442 e. The van der Waals surface area contributed by atoms with E-state index in [0.29, 0.717) is 12.5 Å². The van der Waals surface area contributed by atoms with E-state index in [-0.39, 0.29) is 6.09 Å². The minimum atomic E-state index is -0.459. The zero-order valence-corrected chi connectivity index (χ0v) is 9.99. The van der Waals surface area contributed by atoms with Gasteiger partial charge in [-0.2, -0.15) is 10.1 Å². The summed E-state index contributed by atoms with van der Waals surface area (Å²) in [4.78, 5) is 11.6. The van der Waals surface area contributed by atoms with Crippen LogP contribution < -0.4 is 0 Å². The molecule has 15 heavy (non-hydrogen) atoms. The fourth-order valence-electron chi connectivity index (χ4n) is 0.993. The number of hydrogen-bond acceptors (Lipinski definition) is 3. The molecule has 1 aliphatic carbocycles. The van der Waals surface area contributed by atoms with Crippen LogP contribution in [-0.2, 0) is 4.74 Å². The van der Waals surface area contributed by atoms with Gasteiger partial charge in [0.2, 0.25) is 0 Å². The standard InChI is InChI=1S/C11H20N2O2/c1-5-13(12-8-9-6-7-9)10(14)15-11(2,3)4/h8-9H,5-7H2,1-4H3/b12-8+. The third-order valence-electron chi connectivity index (χ3n) is 1.94. The molecule has 0 aromatic rings. The summed E-state index contributed by atoms with van der Waals surface area (Å²) >= 11 is 0. The second-order valence-corrected chi connectivity index (χ2v) is 4.80. The molecule has 0 atom stereocenters. The highest BCUT2D eigenvalue weighted by atomic mass is 16.6. The fourth-order valence-corrected chi connectivity index (χ4v) is 0.993. The lowest BCUT2D eigenvalue weighted by Crippen LogP contribution is -2.33. The Morgan fingerprint density at radius 2 is 2.13 bits per heavy atom. The lowest BCUT2D eigenvalue weighted by molar-refractivity contribution is 0.0265. The van der Waals surface area contributed by atoms with Crippen molar-refractivity contribution >= 4 is 12.3 Å². The van der Waals surface area contributed by atoms with Crippen LogP contribution in [-0.4, -0.2) is 29.5 Å². The zero-order chi connectivity index (χ0) is 11.5. The summed E-state index contributed by atoms with van der Waals surface area (Å²) in [5.41, 5.74) is -0.459. The number of ether oxygens (including phenoxy) is 1. The number of carbonyl (C=O) groups is 1. The van der Waals surface area contributed by atoms with E-state index in [9.17, 15) is 4.79 Å². The molecule has 0 aliphatic heterocycles. The highest BCUT2D eigenvalue weighted by Crippen LogP contribution is 2.26. The topological polar surface area (TPSA) is 41.9 Å². The Hall–Kier alpha value is -1.06. The van der Waals surface area contributed by atoms with E-state index < -0.39 is 5.60 Å². The van der Waals surface area contributed by atoms with Gasteiger partial charge in [-0.3, -0.25) is 0 Å². The molecule has 1 rings (SSSR count). The first-order valence-electron chi connectivity index (χ1n) is 5.47. The van der Waals surface area contributed by atoms with Crippen LogP contribution >= 0.6 is 0 Å². The monoisotopic (exact) mass is 212 g/mol. The summed E-state index contributed by atoms with van der Waals surface area (Å²) in [5.74, 6) is 0.571. The van der Waals surface area contributed by atoms with Crippen LogP contribution in [0.5, 0.6) is 0 Å². The summed E-state index contributed by atoms with van der Waals surface area (Å²) in [5, 5.41) is 5.49. The van der Waals surface area contributed by atoms with Crippen LogP contribution in [0.25, 0.3) is 0 Å². The second kappa shape index (κ2) is 4.64. The molecule has 0 unspecified atom stereocenters. The number of carbonyl (C=O) groups excluding carboxylic acids is 1. The number of rotatable bonds is 3. The summed E-state index contributed by atoms with van der Waals surface area (Å²) in [7, 11) is 0. The molecule has 0 N–H and O–H groups in total. The van der Waals surface area contributed by atoms with Gasteiger partial charge in [0.15, 0.2) is 0 Å². The molecule has 4 heteroatoms. The van der Waals surface area contributed by atoms with Gasteiger partial charge in [0.1, 0.15) is 5.60 Å². The Kier molecular flexibility index (Phi) is 3.72. The van der Waals surface area contributed by atoms with E-state index in [4.69, 9.17) is 4.74 Å². The van der Waals surface area contributed by atoms with Gasteiger partial charge in [-0.05, 0) is 46.5 Å². The molecular formula is C11H20N2O2. The Labute approximate surface area is 91.3 Å². The van der Waals surface area contributed by atoms with Crippen molar-refractivity contribution in [1.82, 2.24) is 5.01 Å². The van der Waals surface area contributed by atoms with Crippen LogP contribution in [0.3, 0.4) is 0 Å². The number of hydrogen-bond donors (Lipinski definition) is 0. The summed E-state index contributed by atoms with van der Waals surface area (Å²) in [6.07, 6.45) is 3.85. The van der Waals surface area contributed by atoms with Gasteiger partial charge in [-0.25, -0.2) is 4.79 Å². The number of hydrazone groups is 1. The van der Waals surface area contributed by atoms with Crippen LogP contribution in [0.4, 0.5) is 4.79 Å².